The lowest BCUT2D eigenvalue weighted by atomic mass is 10.2. The Morgan fingerprint density at radius 1 is 1.59 bits per heavy atom. The molecule has 0 heterocycles. The lowest BCUT2D eigenvalue weighted by Gasteiger charge is -2.10. The number of methoxy groups -OCH3 is 1. The molecule has 0 radical (unpaired) electrons. The van der Waals surface area contributed by atoms with E-state index < -0.39 is 0 Å². The Labute approximate surface area is 115 Å². The van der Waals surface area contributed by atoms with Crippen molar-refractivity contribution in [1.82, 2.24) is 5.32 Å². The standard InChI is InChI=1S/C12H15BrClNO2/c1-8(13)5-6-15-12(16)10-4-3-9(14)7-11(10)17-2/h3-4,7-8H,5-6H2,1-2H3,(H,15,16). The first-order chi connectivity index (χ1) is 8.04. The van der Waals surface area contributed by atoms with Crippen molar-refractivity contribution in [3.05, 3.63) is 28.8 Å². The first-order valence-electron chi connectivity index (χ1n) is 5.30. The number of alkyl halides is 1. The van der Waals surface area contributed by atoms with Crippen molar-refractivity contribution in [2.45, 2.75) is 18.2 Å². The first-order valence-corrected chi connectivity index (χ1v) is 6.59. The molecule has 17 heavy (non-hydrogen) atoms. The van der Waals surface area contributed by atoms with Gasteiger partial charge >= 0.3 is 0 Å². The number of hydrogen-bond donors (Lipinski definition) is 1. The van der Waals surface area contributed by atoms with E-state index in [0.29, 0.717) is 27.7 Å². The van der Waals surface area contributed by atoms with E-state index in [2.05, 4.69) is 21.2 Å². The van der Waals surface area contributed by atoms with E-state index in [9.17, 15) is 4.79 Å². The SMILES string of the molecule is COc1cc(Cl)ccc1C(=O)NCCC(C)Br. The lowest BCUT2D eigenvalue weighted by molar-refractivity contribution is 0.0950. The summed E-state index contributed by atoms with van der Waals surface area (Å²) >= 11 is 9.25. The van der Waals surface area contributed by atoms with Gasteiger partial charge < -0.3 is 10.1 Å². The van der Waals surface area contributed by atoms with Gasteiger partial charge in [-0.15, -0.1) is 0 Å². The minimum Gasteiger partial charge on any atom is -0.496 e. The molecule has 1 aromatic carbocycles. The summed E-state index contributed by atoms with van der Waals surface area (Å²) in [6.45, 7) is 2.66. The number of hydrogen-bond acceptors (Lipinski definition) is 2. The number of halogens is 2. The fourth-order valence-electron chi connectivity index (χ4n) is 1.33. The van der Waals surface area contributed by atoms with E-state index in [-0.39, 0.29) is 5.91 Å². The molecule has 0 aliphatic rings. The van der Waals surface area contributed by atoms with E-state index >= 15 is 0 Å². The van der Waals surface area contributed by atoms with E-state index in [1.54, 1.807) is 18.2 Å². The largest absolute Gasteiger partial charge is 0.496 e. The van der Waals surface area contributed by atoms with Crippen LogP contribution in [0, 0.1) is 0 Å². The third-order valence-corrected chi connectivity index (χ3v) is 2.93. The van der Waals surface area contributed by atoms with Crippen LogP contribution in [0.3, 0.4) is 0 Å². The van der Waals surface area contributed by atoms with Crippen LogP contribution in [0.2, 0.25) is 5.02 Å². The van der Waals surface area contributed by atoms with Gasteiger partial charge in [-0.05, 0) is 24.6 Å². The van der Waals surface area contributed by atoms with Crippen LogP contribution in [0.25, 0.3) is 0 Å². The maximum Gasteiger partial charge on any atom is 0.255 e. The number of ether oxygens (including phenoxy) is 1. The van der Waals surface area contributed by atoms with Gasteiger partial charge in [-0.2, -0.15) is 0 Å². The second-order valence-electron chi connectivity index (χ2n) is 3.67. The summed E-state index contributed by atoms with van der Waals surface area (Å²) in [6, 6.07) is 4.96. The van der Waals surface area contributed by atoms with Crippen molar-refractivity contribution in [2.75, 3.05) is 13.7 Å². The smallest absolute Gasteiger partial charge is 0.255 e. The number of amides is 1. The van der Waals surface area contributed by atoms with Gasteiger partial charge in [0, 0.05) is 16.4 Å². The molecule has 1 unspecified atom stereocenters. The van der Waals surface area contributed by atoms with Crippen LogP contribution < -0.4 is 10.1 Å². The number of benzene rings is 1. The van der Waals surface area contributed by atoms with Crippen molar-refractivity contribution in [2.24, 2.45) is 0 Å². The number of rotatable bonds is 5. The molecule has 5 heteroatoms. The fraction of sp³-hybridized carbons (Fsp3) is 0.417. The molecule has 1 N–H and O–H groups in total. The number of nitrogens with one attached hydrogen (secondary N) is 1. The number of carbonyl (C=O) groups excluding carboxylic acids is 1. The first kappa shape index (κ1) is 14.3. The molecule has 0 aliphatic carbocycles. The molecule has 3 nitrogen and oxygen atoms in total. The van der Waals surface area contributed by atoms with Gasteiger partial charge in [0.15, 0.2) is 0 Å². The average Bonchev–Trinajstić information content (AvgIpc) is 2.28. The molecule has 0 aliphatic heterocycles. The topological polar surface area (TPSA) is 38.3 Å². The number of carbonyl (C=O) groups is 1. The van der Waals surface area contributed by atoms with E-state index in [1.165, 1.54) is 7.11 Å². The maximum atomic E-state index is 11.9. The highest BCUT2D eigenvalue weighted by molar-refractivity contribution is 9.09. The van der Waals surface area contributed by atoms with Crippen molar-refractivity contribution < 1.29 is 9.53 Å². The van der Waals surface area contributed by atoms with Crippen LogP contribution in [-0.2, 0) is 0 Å². The van der Waals surface area contributed by atoms with Crippen LogP contribution >= 0.6 is 27.5 Å². The van der Waals surface area contributed by atoms with Crippen LogP contribution in [0.15, 0.2) is 18.2 Å². The van der Waals surface area contributed by atoms with E-state index in [4.69, 9.17) is 16.3 Å². The zero-order valence-electron chi connectivity index (χ0n) is 9.80. The Hall–Kier alpha value is -0.740. The second kappa shape index (κ2) is 6.87. The molecule has 1 rings (SSSR count). The van der Waals surface area contributed by atoms with Gasteiger partial charge in [-0.1, -0.05) is 34.5 Å². The zero-order valence-corrected chi connectivity index (χ0v) is 12.1. The van der Waals surface area contributed by atoms with Crippen LogP contribution in [0.4, 0.5) is 0 Å². The lowest BCUT2D eigenvalue weighted by Crippen LogP contribution is -2.26. The van der Waals surface area contributed by atoms with Crippen molar-refractivity contribution in [3.63, 3.8) is 0 Å². The van der Waals surface area contributed by atoms with Gasteiger partial charge in [0.1, 0.15) is 5.75 Å². The van der Waals surface area contributed by atoms with E-state index in [1.807, 2.05) is 6.92 Å². The van der Waals surface area contributed by atoms with Crippen molar-refractivity contribution >= 4 is 33.4 Å². The van der Waals surface area contributed by atoms with Gasteiger partial charge in [0.05, 0.1) is 12.7 Å². The fourth-order valence-corrected chi connectivity index (χ4v) is 1.72. The second-order valence-corrected chi connectivity index (χ2v) is 5.67. The molecular formula is C12H15BrClNO2. The summed E-state index contributed by atoms with van der Waals surface area (Å²) in [5.41, 5.74) is 0.499. The predicted octanol–water partition coefficient (Wildman–Crippen LogP) is 3.25. The molecule has 0 spiro atoms. The maximum absolute atomic E-state index is 11.9. The summed E-state index contributed by atoms with van der Waals surface area (Å²) in [7, 11) is 1.52. The Balaban J connectivity index is 2.68. The van der Waals surface area contributed by atoms with E-state index in [0.717, 1.165) is 6.42 Å². The zero-order chi connectivity index (χ0) is 12.8. The monoisotopic (exact) mass is 319 g/mol. The summed E-state index contributed by atoms with van der Waals surface area (Å²) in [6.07, 6.45) is 0.877. The Morgan fingerprint density at radius 2 is 2.29 bits per heavy atom. The minimum absolute atomic E-state index is 0.147. The molecule has 94 valence electrons. The minimum atomic E-state index is -0.147. The molecule has 0 saturated carbocycles. The van der Waals surface area contributed by atoms with Crippen molar-refractivity contribution in [1.29, 1.82) is 0 Å². The molecule has 1 aromatic rings. The summed E-state index contributed by atoms with van der Waals surface area (Å²) in [5.74, 6) is 0.341. The Kier molecular flexibility index (Phi) is 5.78. The highest BCUT2D eigenvalue weighted by Crippen LogP contribution is 2.22. The molecule has 0 saturated heterocycles. The summed E-state index contributed by atoms with van der Waals surface area (Å²) < 4.78 is 5.12. The highest BCUT2D eigenvalue weighted by atomic mass is 79.9. The van der Waals surface area contributed by atoms with Crippen molar-refractivity contribution in [3.8, 4) is 5.75 Å². The summed E-state index contributed by atoms with van der Waals surface area (Å²) in [5, 5.41) is 3.38. The molecule has 0 fully saturated rings. The Morgan fingerprint density at radius 3 is 2.88 bits per heavy atom. The molecule has 0 aromatic heterocycles. The Bertz CT molecular complexity index is 396. The molecule has 0 bridgehead atoms. The van der Waals surface area contributed by atoms with Gasteiger partial charge in [0.25, 0.3) is 5.91 Å². The third kappa shape index (κ3) is 4.56. The quantitative estimate of drug-likeness (QED) is 0.846. The molecular weight excluding hydrogens is 305 g/mol. The predicted molar refractivity (Wildman–Crippen MR) is 73.3 cm³/mol. The van der Waals surface area contributed by atoms with Gasteiger partial charge in [-0.25, -0.2) is 0 Å². The third-order valence-electron chi connectivity index (χ3n) is 2.24. The van der Waals surface area contributed by atoms with Gasteiger partial charge in [0.2, 0.25) is 0 Å². The summed E-state index contributed by atoms with van der Waals surface area (Å²) in [4.78, 5) is 12.3. The molecule has 1 atom stereocenters. The average molecular weight is 321 g/mol. The highest BCUT2D eigenvalue weighted by Gasteiger charge is 2.12. The van der Waals surface area contributed by atoms with Crippen LogP contribution in [0.1, 0.15) is 23.7 Å². The normalized spacial score (nSPS) is 12.0. The van der Waals surface area contributed by atoms with Gasteiger partial charge in [-0.3, -0.25) is 4.79 Å². The van der Waals surface area contributed by atoms with Crippen LogP contribution in [0.5, 0.6) is 5.75 Å². The van der Waals surface area contributed by atoms with Crippen LogP contribution in [-0.4, -0.2) is 24.4 Å². The molecule has 1 amide bonds.